The van der Waals surface area contributed by atoms with Crippen LogP contribution in [0, 0.1) is 0 Å². The summed E-state index contributed by atoms with van der Waals surface area (Å²) in [6.45, 7) is 8.89. The fraction of sp³-hybridized carbons (Fsp3) is 0.643. The summed E-state index contributed by atoms with van der Waals surface area (Å²) in [5, 5.41) is 3.44. The predicted octanol–water partition coefficient (Wildman–Crippen LogP) is 2.05. The number of anilines is 1. The van der Waals surface area contributed by atoms with E-state index in [0.29, 0.717) is 0 Å². The van der Waals surface area contributed by atoms with E-state index in [2.05, 4.69) is 35.1 Å². The fourth-order valence-electron chi connectivity index (χ4n) is 1.90. The maximum Gasteiger partial charge on any atom is 0.0637 e. The SMILES string of the molecule is CCCNCc1ccncc1N(CC)CCOC. The first-order valence-corrected chi connectivity index (χ1v) is 6.70. The van der Waals surface area contributed by atoms with Crippen molar-refractivity contribution in [3.8, 4) is 0 Å². The van der Waals surface area contributed by atoms with Crippen LogP contribution >= 0.6 is 0 Å². The molecule has 0 saturated carbocycles. The van der Waals surface area contributed by atoms with E-state index in [9.17, 15) is 0 Å². The lowest BCUT2D eigenvalue weighted by atomic mass is 10.2. The minimum Gasteiger partial charge on any atom is -0.383 e. The Labute approximate surface area is 110 Å². The van der Waals surface area contributed by atoms with Crippen LogP contribution in [0.3, 0.4) is 0 Å². The van der Waals surface area contributed by atoms with Crippen LogP contribution in [0.5, 0.6) is 0 Å². The third-order valence-corrected chi connectivity index (χ3v) is 2.92. The summed E-state index contributed by atoms with van der Waals surface area (Å²) < 4.78 is 5.16. The lowest BCUT2D eigenvalue weighted by molar-refractivity contribution is 0.205. The molecule has 0 bridgehead atoms. The number of ether oxygens (including phenoxy) is 1. The Hall–Kier alpha value is -1.13. The molecule has 1 N–H and O–H groups in total. The Morgan fingerprint density at radius 2 is 2.22 bits per heavy atom. The molecule has 0 saturated heterocycles. The zero-order chi connectivity index (χ0) is 13.2. The van der Waals surface area contributed by atoms with Gasteiger partial charge in [-0.3, -0.25) is 4.98 Å². The van der Waals surface area contributed by atoms with Crippen molar-refractivity contribution in [2.75, 3.05) is 38.3 Å². The van der Waals surface area contributed by atoms with E-state index in [-0.39, 0.29) is 0 Å². The van der Waals surface area contributed by atoms with E-state index >= 15 is 0 Å². The van der Waals surface area contributed by atoms with Crippen LogP contribution in [0.15, 0.2) is 18.5 Å². The monoisotopic (exact) mass is 251 g/mol. The van der Waals surface area contributed by atoms with Gasteiger partial charge in [-0.1, -0.05) is 6.92 Å². The third-order valence-electron chi connectivity index (χ3n) is 2.92. The molecule has 1 heterocycles. The molecule has 4 heteroatoms. The molecule has 1 aromatic rings. The molecule has 102 valence electrons. The molecule has 0 aromatic carbocycles. The number of likely N-dealkylation sites (N-methyl/N-ethyl adjacent to an activating group) is 1. The van der Waals surface area contributed by atoms with Crippen molar-refractivity contribution < 1.29 is 4.74 Å². The summed E-state index contributed by atoms with van der Waals surface area (Å²) in [4.78, 5) is 6.55. The molecule has 18 heavy (non-hydrogen) atoms. The van der Waals surface area contributed by atoms with Crippen molar-refractivity contribution in [1.82, 2.24) is 10.3 Å². The van der Waals surface area contributed by atoms with E-state index in [4.69, 9.17) is 4.74 Å². The Morgan fingerprint density at radius 1 is 1.39 bits per heavy atom. The van der Waals surface area contributed by atoms with Crippen LogP contribution in [-0.2, 0) is 11.3 Å². The topological polar surface area (TPSA) is 37.4 Å². The van der Waals surface area contributed by atoms with Crippen LogP contribution < -0.4 is 10.2 Å². The molecule has 0 amide bonds. The van der Waals surface area contributed by atoms with Gasteiger partial charge < -0.3 is 15.0 Å². The number of nitrogens with one attached hydrogen (secondary N) is 1. The Bertz CT molecular complexity index is 331. The van der Waals surface area contributed by atoms with Gasteiger partial charge in [0.2, 0.25) is 0 Å². The van der Waals surface area contributed by atoms with Crippen molar-refractivity contribution >= 4 is 5.69 Å². The first-order chi connectivity index (χ1) is 8.83. The maximum absolute atomic E-state index is 5.16. The molecule has 1 rings (SSSR count). The van der Waals surface area contributed by atoms with E-state index in [1.54, 1.807) is 7.11 Å². The summed E-state index contributed by atoms with van der Waals surface area (Å²) in [6.07, 6.45) is 4.96. The zero-order valence-electron chi connectivity index (χ0n) is 11.8. The van der Waals surface area contributed by atoms with Gasteiger partial charge in [0.05, 0.1) is 18.5 Å². The lowest BCUT2D eigenvalue weighted by Gasteiger charge is -2.25. The first kappa shape index (κ1) is 14.9. The average molecular weight is 251 g/mol. The Balaban J connectivity index is 2.71. The molecule has 0 aliphatic heterocycles. The molecule has 0 atom stereocenters. The van der Waals surface area contributed by atoms with Gasteiger partial charge in [-0.15, -0.1) is 0 Å². The van der Waals surface area contributed by atoms with Crippen molar-refractivity contribution in [3.63, 3.8) is 0 Å². The summed E-state index contributed by atoms with van der Waals surface area (Å²) in [6, 6.07) is 2.09. The zero-order valence-corrected chi connectivity index (χ0v) is 11.8. The van der Waals surface area contributed by atoms with Crippen molar-refractivity contribution in [1.29, 1.82) is 0 Å². The van der Waals surface area contributed by atoms with E-state index < -0.39 is 0 Å². The second-order valence-electron chi connectivity index (χ2n) is 4.25. The van der Waals surface area contributed by atoms with E-state index in [1.165, 1.54) is 11.3 Å². The second-order valence-corrected chi connectivity index (χ2v) is 4.25. The molecule has 0 aliphatic carbocycles. The van der Waals surface area contributed by atoms with Gasteiger partial charge >= 0.3 is 0 Å². The smallest absolute Gasteiger partial charge is 0.0637 e. The Kier molecular flexibility index (Phi) is 7.37. The maximum atomic E-state index is 5.16. The third kappa shape index (κ3) is 4.63. The largest absolute Gasteiger partial charge is 0.383 e. The molecule has 0 spiro atoms. The first-order valence-electron chi connectivity index (χ1n) is 6.70. The van der Waals surface area contributed by atoms with Crippen LogP contribution in [0.25, 0.3) is 0 Å². The lowest BCUT2D eigenvalue weighted by Crippen LogP contribution is -2.28. The van der Waals surface area contributed by atoms with Crippen molar-refractivity contribution in [2.24, 2.45) is 0 Å². The fourth-order valence-corrected chi connectivity index (χ4v) is 1.90. The summed E-state index contributed by atoms with van der Waals surface area (Å²) >= 11 is 0. The standard InChI is InChI=1S/C14H25N3O/c1-4-7-15-11-13-6-8-16-12-14(13)17(5-2)9-10-18-3/h6,8,12,15H,4-5,7,9-11H2,1-3H3. The number of methoxy groups -OCH3 is 1. The van der Waals surface area contributed by atoms with Crippen molar-refractivity contribution in [2.45, 2.75) is 26.8 Å². The number of pyridine rings is 1. The molecule has 4 nitrogen and oxygen atoms in total. The predicted molar refractivity (Wildman–Crippen MR) is 76.0 cm³/mol. The van der Waals surface area contributed by atoms with Gasteiger partial charge in [0.15, 0.2) is 0 Å². The quantitative estimate of drug-likeness (QED) is 0.682. The molecule has 0 radical (unpaired) electrons. The molecule has 0 unspecified atom stereocenters. The highest BCUT2D eigenvalue weighted by molar-refractivity contribution is 5.51. The number of hydrogen-bond acceptors (Lipinski definition) is 4. The molecule has 0 aliphatic rings. The van der Waals surface area contributed by atoms with Gasteiger partial charge in [0.25, 0.3) is 0 Å². The number of aromatic nitrogens is 1. The number of hydrogen-bond donors (Lipinski definition) is 1. The van der Waals surface area contributed by atoms with Crippen LogP contribution in [0.2, 0.25) is 0 Å². The summed E-state index contributed by atoms with van der Waals surface area (Å²) in [5.74, 6) is 0. The molecule has 1 aromatic heterocycles. The highest BCUT2D eigenvalue weighted by Crippen LogP contribution is 2.18. The van der Waals surface area contributed by atoms with Gasteiger partial charge in [-0.2, -0.15) is 0 Å². The van der Waals surface area contributed by atoms with Crippen molar-refractivity contribution in [3.05, 3.63) is 24.0 Å². The normalized spacial score (nSPS) is 10.6. The number of nitrogens with zero attached hydrogens (tertiary/aromatic N) is 2. The van der Waals surface area contributed by atoms with Crippen LogP contribution in [0.1, 0.15) is 25.8 Å². The molecule has 0 fully saturated rings. The van der Waals surface area contributed by atoms with Crippen LogP contribution in [-0.4, -0.2) is 38.3 Å². The van der Waals surface area contributed by atoms with Gasteiger partial charge in [-0.05, 0) is 31.5 Å². The average Bonchev–Trinajstić information content (AvgIpc) is 2.41. The van der Waals surface area contributed by atoms with Gasteiger partial charge in [0, 0.05) is 32.9 Å². The highest BCUT2D eigenvalue weighted by atomic mass is 16.5. The minimum absolute atomic E-state index is 0.741. The second kappa shape index (κ2) is 8.89. The summed E-state index contributed by atoms with van der Waals surface area (Å²) in [5.41, 5.74) is 2.51. The molecular formula is C14H25N3O. The van der Waals surface area contributed by atoms with E-state index in [1.807, 2.05) is 12.4 Å². The summed E-state index contributed by atoms with van der Waals surface area (Å²) in [7, 11) is 1.74. The van der Waals surface area contributed by atoms with Gasteiger partial charge in [0.1, 0.15) is 0 Å². The molecular weight excluding hydrogens is 226 g/mol. The van der Waals surface area contributed by atoms with E-state index in [0.717, 1.165) is 39.2 Å². The number of rotatable bonds is 9. The minimum atomic E-state index is 0.741. The Morgan fingerprint density at radius 3 is 2.89 bits per heavy atom. The van der Waals surface area contributed by atoms with Crippen LogP contribution in [0.4, 0.5) is 5.69 Å². The van der Waals surface area contributed by atoms with Gasteiger partial charge in [-0.25, -0.2) is 0 Å². The highest BCUT2D eigenvalue weighted by Gasteiger charge is 2.09.